The lowest BCUT2D eigenvalue weighted by Gasteiger charge is -2.24. The van der Waals surface area contributed by atoms with Gasteiger partial charge in [-0.15, -0.1) is 0 Å². The molecule has 1 saturated heterocycles. The maximum Gasteiger partial charge on any atom is 0.123 e. The number of hydrogen-bond acceptors (Lipinski definition) is 4. The number of ether oxygens (including phenoxy) is 1. The van der Waals surface area contributed by atoms with Gasteiger partial charge in [-0.3, -0.25) is 9.97 Å². The Balaban J connectivity index is 2.01. The molecule has 1 atom stereocenters. The summed E-state index contributed by atoms with van der Waals surface area (Å²) in [4.78, 5) is 8.69. The normalized spacial score (nSPS) is 19.3. The van der Waals surface area contributed by atoms with Gasteiger partial charge in [-0.05, 0) is 12.1 Å². The second kappa shape index (κ2) is 5.42. The fourth-order valence-electron chi connectivity index (χ4n) is 2.18. The fourth-order valence-corrected chi connectivity index (χ4v) is 2.18. The molecule has 3 rings (SSSR count). The van der Waals surface area contributed by atoms with Crippen LogP contribution in [0.3, 0.4) is 0 Å². The molecule has 1 aliphatic rings. The van der Waals surface area contributed by atoms with E-state index in [1.165, 1.54) is 12.1 Å². The van der Waals surface area contributed by atoms with Gasteiger partial charge in [0.15, 0.2) is 0 Å². The predicted molar refractivity (Wildman–Crippen MR) is 69.0 cm³/mol. The number of halogens is 1. The zero-order valence-electron chi connectivity index (χ0n) is 10.3. The molecule has 1 aromatic carbocycles. The summed E-state index contributed by atoms with van der Waals surface area (Å²) in [5, 5.41) is 3.26. The van der Waals surface area contributed by atoms with E-state index in [2.05, 4.69) is 15.3 Å². The Morgan fingerprint density at radius 2 is 2.16 bits per heavy atom. The van der Waals surface area contributed by atoms with Crippen LogP contribution < -0.4 is 5.32 Å². The van der Waals surface area contributed by atoms with E-state index in [9.17, 15) is 4.39 Å². The van der Waals surface area contributed by atoms with Crippen LogP contribution in [0.4, 0.5) is 4.39 Å². The van der Waals surface area contributed by atoms with Crippen molar-refractivity contribution in [1.82, 2.24) is 15.3 Å². The van der Waals surface area contributed by atoms with Crippen LogP contribution in [0.15, 0.2) is 36.7 Å². The first-order valence-corrected chi connectivity index (χ1v) is 6.24. The first kappa shape index (κ1) is 12.2. The van der Waals surface area contributed by atoms with Crippen LogP contribution in [-0.2, 0) is 4.74 Å². The van der Waals surface area contributed by atoms with Crippen LogP contribution >= 0.6 is 0 Å². The first-order valence-electron chi connectivity index (χ1n) is 6.24. The van der Waals surface area contributed by atoms with Gasteiger partial charge in [0.2, 0.25) is 0 Å². The molecule has 1 aromatic heterocycles. The highest BCUT2D eigenvalue weighted by molar-refractivity contribution is 5.61. The number of hydrogen-bond donors (Lipinski definition) is 1. The summed E-state index contributed by atoms with van der Waals surface area (Å²) in [5.74, 6) is -0.281. The van der Waals surface area contributed by atoms with Crippen molar-refractivity contribution in [2.75, 3.05) is 19.7 Å². The molecule has 0 saturated carbocycles. The molecule has 19 heavy (non-hydrogen) atoms. The molecule has 1 unspecified atom stereocenters. The molecule has 4 nitrogen and oxygen atoms in total. The van der Waals surface area contributed by atoms with Crippen molar-refractivity contribution in [3.05, 3.63) is 48.2 Å². The first-order chi connectivity index (χ1) is 9.34. The number of rotatable bonds is 2. The van der Waals surface area contributed by atoms with Crippen molar-refractivity contribution in [3.63, 3.8) is 0 Å². The van der Waals surface area contributed by atoms with Gasteiger partial charge in [0, 0.05) is 31.0 Å². The van der Waals surface area contributed by atoms with Crippen molar-refractivity contribution in [1.29, 1.82) is 0 Å². The Kier molecular flexibility index (Phi) is 3.48. The minimum absolute atomic E-state index is 0.138. The maximum absolute atomic E-state index is 13.3. The van der Waals surface area contributed by atoms with Crippen molar-refractivity contribution < 1.29 is 9.13 Å². The van der Waals surface area contributed by atoms with Crippen molar-refractivity contribution in [2.45, 2.75) is 6.10 Å². The zero-order valence-corrected chi connectivity index (χ0v) is 10.3. The van der Waals surface area contributed by atoms with E-state index in [-0.39, 0.29) is 11.9 Å². The standard InChI is InChI=1S/C14H14FN3O/c15-11-3-1-2-10(8-11)13-14(18-5-4-17-13)12-9-16-6-7-19-12/h1-5,8,12,16H,6-7,9H2. The largest absolute Gasteiger partial charge is 0.369 e. The van der Waals surface area contributed by atoms with Gasteiger partial charge >= 0.3 is 0 Å². The Hall–Kier alpha value is -1.85. The van der Waals surface area contributed by atoms with Gasteiger partial charge in [0.05, 0.1) is 18.0 Å². The van der Waals surface area contributed by atoms with E-state index in [4.69, 9.17) is 4.74 Å². The molecular formula is C14H14FN3O. The van der Waals surface area contributed by atoms with Crippen molar-refractivity contribution in [2.24, 2.45) is 0 Å². The monoisotopic (exact) mass is 259 g/mol. The average Bonchev–Trinajstić information content (AvgIpc) is 2.48. The topological polar surface area (TPSA) is 47.0 Å². The molecule has 1 aliphatic heterocycles. The van der Waals surface area contributed by atoms with Gasteiger partial charge in [-0.1, -0.05) is 12.1 Å². The van der Waals surface area contributed by atoms with Crippen LogP contribution in [0.2, 0.25) is 0 Å². The summed E-state index contributed by atoms with van der Waals surface area (Å²) in [6, 6.07) is 6.37. The SMILES string of the molecule is Fc1cccc(-c2nccnc2C2CNCCO2)c1. The van der Waals surface area contributed by atoms with E-state index < -0.39 is 0 Å². The van der Waals surface area contributed by atoms with Crippen LogP contribution in [0.5, 0.6) is 0 Å². The molecule has 0 radical (unpaired) electrons. The number of benzene rings is 1. The van der Waals surface area contributed by atoms with Crippen LogP contribution in [-0.4, -0.2) is 29.7 Å². The average molecular weight is 259 g/mol. The number of aromatic nitrogens is 2. The third kappa shape index (κ3) is 2.62. The fraction of sp³-hybridized carbons (Fsp3) is 0.286. The Morgan fingerprint density at radius 1 is 1.26 bits per heavy atom. The predicted octanol–water partition coefficient (Wildman–Crippen LogP) is 1.94. The Labute approximate surface area is 110 Å². The lowest BCUT2D eigenvalue weighted by Crippen LogP contribution is -2.34. The summed E-state index contributed by atoms with van der Waals surface area (Å²) in [5.41, 5.74) is 2.15. The van der Waals surface area contributed by atoms with E-state index in [0.29, 0.717) is 18.8 Å². The number of nitrogens with one attached hydrogen (secondary N) is 1. The molecule has 0 bridgehead atoms. The highest BCUT2D eigenvalue weighted by atomic mass is 19.1. The highest BCUT2D eigenvalue weighted by Gasteiger charge is 2.21. The van der Waals surface area contributed by atoms with Gasteiger partial charge < -0.3 is 10.1 Å². The summed E-state index contributed by atoms with van der Waals surface area (Å²) >= 11 is 0. The van der Waals surface area contributed by atoms with E-state index in [1.54, 1.807) is 18.5 Å². The van der Waals surface area contributed by atoms with Crippen LogP contribution in [0.25, 0.3) is 11.3 Å². The molecule has 2 aromatic rings. The van der Waals surface area contributed by atoms with E-state index >= 15 is 0 Å². The second-order valence-corrected chi connectivity index (χ2v) is 4.36. The highest BCUT2D eigenvalue weighted by Crippen LogP contribution is 2.27. The molecule has 1 fully saturated rings. The van der Waals surface area contributed by atoms with E-state index in [0.717, 1.165) is 17.8 Å². The summed E-state index contributed by atoms with van der Waals surface area (Å²) in [7, 11) is 0. The van der Waals surface area contributed by atoms with Crippen LogP contribution in [0, 0.1) is 5.82 Å². The lowest BCUT2D eigenvalue weighted by atomic mass is 10.1. The van der Waals surface area contributed by atoms with Gasteiger partial charge in [0.1, 0.15) is 11.9 Å². The molecule has 0 amide bonds. The van der Waals surface area contributed by atoms with Gasteiger partial charge in [0.25, 0.3) is 0 Å². The third-order valence-corrected chi connectivity index (χ3v) is 3.06. The quantitative estimate of drug-likeness (QED) is 0.895. The summed E-state index contributed by atoms with van der Waals surface area (Å²) in [6.07, 6.45) is 3.11. The smallest absolute Gasteiger partial charge is 0.123 e. The summed E-state index contributed by atoms with van der Waals surface area (Å²) < 4.78 is 19.0. The molecule has 98 valence electrons. The van der Waals surface area contributed by atoms with Crippen molar-refractivity contribution >= 4 is 0 Å². The molecular weight excluding hydrogens is 245 g/mol. The number of morpholine rings is 1. The maximum atomic E-state index is 13.3. The minimum atomic E-state index is -0.281. The third-order valence-electron chi connectivity index (χ3n) is 3.06. The van der Waals surface area contributed by atoms with E-state index in [1.807, 2.05) is 6.07 Å². The summed E-state index contributed by atoms with van der Waals surface area (Å²) in [6.45, 7) is 2.18. The second-order valence-electron chi connectivity index (χ2n) is 4.36. The van der Waals surface area contributed by atoms with Crippen molar-refractivity contribution in [3.8, 4) is 11.3 Å². The van der Waals surface area contributed by atoms with Gasteiger partial charge in [-0.2, -0.15) is 0 Å². The molecule has 5 heteroatoms. The molecule has 0 aliphatic carbocycles. The Morgan fingerprint density at radius 3 is 2.95 bits per heavy atom. The molecule has 0 spiro atoms. The zero-order chi connectivity index (χ0) is 13.1. The Bertz CT molecular complexity index is 570. The minimum Gasteiger partial charge on any atom is -0.369 e. The molecule has 2 heterocycles. The van der Waals surface area contributed by atoms with Crippen LogP contribution in [0.1, 0.15) is 11.8 Å². The number of nitrogens with zero attached hydrogens (tertiary/aromatic N) is 2. The lowest BCUT2D eigenvalue weighted by molar-refractivity contribution is 0.0252. The van der Waals surface area contributed by atoms with Gasteiger partial charge in [-0.25, -0.2) is 4.39 Å². The molecule has 1 N–H and O–H groups in total.